The van der Waals surface area contributed by atoms with Crippen molar-refractivity contribution in [2.24, 2.45) is 0 Å². The van der Waals surface area contributed by atoms with Crippen molar-refractivity contribution in [3.63, 3.8) is 0 Å². The van der Waals surface area contributed by atoms with Crippen LogP contribution in [0.25, 0.3) is 0 Å². The minimum Gasteiger partial charge on any atom is -0.479 e. The van der Waals surface area contributed by atoms with Gasteiger partial charge in [0.2, 0.25) is 0 Å². The minimum atomic E-state index is -3.08. The molecule has 0 radical (unpaired) electrons. The minimum absolute atomic E-state index is 0.0644. The maximum Gasteiger partial charge on any atom is 0.348 e. The first-order chi connectivity index (χ1) is 11.8. The van der Waals surface area contributed by atoms with Gasteiger partial charge >= 0.3 is 5.97 Å². The van der Waals surface area contributed by atoms with E-state index in [-0.39, 0.29) is 11.5 Å². The number of ether oxygens (including phenoxy) is 2. The van der Waals surface area contributed by atoms with Crippen LogP contribution in [0, 0.1) is 0 Å². The first-order valence-corrected chi connectivity index (χ1v) is 10.1. The van der Waals surface area contributed by atoms with Crippen LogP contribution in [0.2, 0.25) is 0 Å². The molecule has 138 valence electrons. The van der Waals surface area contributed by atoms with E-state index in [2.05, 4.69) is 5.32 Å². The van der Waals surface area contributed by atoms with Crippen molar-refractivity contribution in [2.75, 3.05) is 11.5 Å². The van der Waals surface area contributed by atoms with E-state index >= 15 is 0 Å². The van der Waals surface area contributed by atoms with Gasteiger partial charge in [0, 0.05) is 6.04 Å². The Morgan fingerprint density at radius 1 is 1.28 bits per heavy atom. The number of sulfone groups is 1. The fraction of sp³-hybridized carbons (Fsp3) is 0.529. The van der Waals surface area contributed by atoms with Gasteiger partial charge in [-0.25, -0.2) is 13.2 Å². The Balaban J connectivity index is 1.86. The Morgan fingerprint density at radius 3 is 2.52 bits per heavy atom. The number of rotatable bonds is 7. The van der Waals surface area contributed by atoms with Crippen molar-refractivity contribution >= 4 is 21.7 Å². The van der Waals surface area contributed by atoms with Gasteiger partial charge in [-0.15, -0.1) is 0 Å². The van der Waals surface area contributed by atoms with Crippen molar-refractivity contribution in [3.05, 3.63) is 30.3 Å². The summed E-state index contributed by atoms with van der Waals surface area (Å²) in [5.74, 6) is -0.610. The van der Waals surface area contributed by atoms with Crippen LogP contribution in [0.4, 0.5) is 0 Å². The Morgan fingerprint density at radius 2 is 1.96 bits per heavy atom. The van der Waals surface area contributed by atoms with E-state index < -0.39 is 40.0 Å². The van der Waals surface area contributed by atoms with Gasteiger partial charge in [0.15, 0.2) is 22.0 Å². The first kappa shape index (κ1) is 19.2. The Kier molecular flexibility index (Phi) is 6.41. The van der Waals surface area contributed by atoms with E-state index in [0.29, 0.717) is 18.6 Å². The summed E-state index contributed by atoms with van der Waals surface area (Å²) in [6.07, 6.45) is -1.07. The molecular weight excluding hydrogens is 346 g/mol. The van der Waals surface area contributed by atoms with Crippen LogP contribution >= 0.6 is 0 Å². The molecule has 1 heterocycles. The number of hydrogen-bond donors (Lipinski definition) is 1. The summed E-state index contributed by atoms with van der Waals surface area (Å²) in [5.41, 5.74) is 0. The highest BCUT2D eigenvalue weighted by Crippen LogP contribution is 2.15. The SMILES string of the molecule is CC[C@H](Oc1ccccc1)C(=O)O[C@@H](C)C(=O)N[C@@H]1CCS(=O)(=O)C1. The monoisotopic (exact) mass is 369 g/mol. The van der Waals surface area contributed by atoms with Crippen LogP contribution < -0.4 is 10.1 Å². The molecule has 0 saturated carbocycles. The standard InChI is InChI=1S/C17H23NO6S/c1-3-15(24-14-7-5-4-6-8-14)17(20)23-12(2)16(19)18-13-9-10-25(21,22)11-13/h4-8,12-13,15H,3,9-11H2,1-2H3,(H,18,19)/t12-,13+,15-/m0/s1. The molecule has 0 aliphatic carbocycles. The molecule has 2 rings (SSSR count). The largest absolute Gasteiger partial charge is 0.479 e. The fourth-order valence-electron chi connectivity index (χ4n) is 2.49. The molecule has 1 fully saturated rings. The predicted octanol–water partition coefficient (Wildman–Crippen LogP) is 1.08. The second kappa shape index (κ2) is 8.33. The van der Waals surface area contributed by atoms with E-state index in [1.165, 1.54) is 6.92 Å². The third-order valence-corrected chi connectivity index (χ3v) is 5.66. The molecule has 3 atom stereocenters. The smallest absolute Gasteiger partial charge is 0.348 e. The van der Waals surface area contributed by atoms with Crippen LogP contribution in [0.5, 0.6) is 5.75 Å². The number of nitrogens with one attached hydrogen (secondary N) is 1. The van der Waals surface area contributed by atoms with Gasteiger partial charge in [-0.3, -0.25) is 4.79 Å². The van der Waals surface area contributed by atoms with Gasteiger partial charge in [-0.05, 0) is 31.9 Å². The summed E-state index contributed by atoms with van der Waals surface area (Å²) in [4.78, 5) is 24.3. The Labute approximate surface area is 147 Å². The summed E-state index contributed by atoms with van der Waals surface area (Å²) in [7, 11) is -3.08. The third-order valence-electron chi connectivity index (χ3n) is 3.90. The van der Waals surface area contributed by atoms with Gasteiger partial charge in [0.05, 0.1) is 11.5 Å². The van der Waals surface area contributed by atoms with Crippen LogP contribution in [-0.4, -0.2) is 50.0 Å². The van der Waals surface area contributed by atoms with E-state index in [1.54, 1.807) is 31.2 Å². The quantitative estimate of drug-likeness (QED) is 0.722. The topological polar surface area (TPSA) is 98.8 Å². The molecule has 8 heteroatoms. The number of para-hydroxylation sites is 1. The molecule has 0 spiro atoms. The maximum atomic E-state index is 12.2. The maximum absolute atomic E-state index is 12.2. The number of carbonyl (C=O) groups is 2. The lowest BCUT2D eigenvalue weighted by molar-refractivity contribution is -0.161. The second-order valence-corrected chi connectivity index (χ2v) is 8.24. The molecule has 7 nitrogen and oxygen atoms in total. The zero-order valence-corrected chi connectivity index (χ0v) is 15.1. The third kappa shape index (κ3) is 5.74. The summed E-state index contributed by atoms with van der Waals surface area (Å²) < 4.78 is 33.6. The summed E-state index contributed by atoms with van der Waals surface area (Å²) in [6.45, 7) is 3.23. The van der Waals surface area contributed by atoms with Crippen LogP contribution in [0.3, 0.4) is 0 Å². The fourth-order valence-corrected chi connectivity index (χ4v) is 4.17. The lowest BCUT2D eigenvalue weighted by atomic mass is 10.2. The highest BCUT2D eigenvalue weighted by atomic mass is 32.2. The molecule has 0 aromatic heterocycles. The number of carbonyl (C=O) groups excluding carboxylic acids is 2. The number of esters is 1. The van der Waals surface area contributed by atoms with Gasteiger partial charge in [0.25, 0.3) is 5.91 Å². The molecule has 25 heavy (non-hydrogen) atoms. The van der Waals surface area contributed by atoms with E-state index in [1.807, 2.05) is 6.07 Å². The summed E-state index contributed by atoms with van der Waals surface area (Å²) >= 11 is 0. The molecule has 1 aromatic carbocycles. The second-order valence-electron chi connectivity index (χ2n) is 6.02. The highest BCUT2D eigenvalue weighted by molar-refractivity contribution is 7.91. The molecule has 0 unspecified atom stereocenters. The van der Waals surface area contributed by atoms with E-state index in [4.69, 9.17) is 9.47 Å². The van der Waals surface area contributed by atoms with Gasteiger partial charge in [-0.2, -0.15) is 0 Å². The molecule has 1 aliphatic heterocycles. The normalized spacial score (nSPS) is 21.1. The van der Waals surface area contributed by atoms with Crippen molar-refractivity contribution in [2.45, 2.75) is 44.9 Å². The van der Waals surface area contributed by atoms with Crippen molar-refractivity contribution in [3.8, 4) is 5.75 Å². The molecule has 1 N–H and O–H groups in total. The van der Waals surface area contributed by atoms with Gasteiger partial charge < -0.3 is 14.8 Å². The number of benzene rings is 1. The first-order valence-electron chi connectivity index (χ1n) is 8.23. The van der Waals surface area contributed by atoms with Crippen LogP contribution in [-0.2, 0) is 24.2 Å². The van der Waals surface area contributed by atoms with Gasteiger partial charge in [0.1, 0.15) is 5.75 Å². The Hall–Kier alpha value is -2.09. The van der Waals surface area contributed by atoms with Crippen LogP contribution in [0.1, 0.15) is 26.7 Å². The summed E-state index contributed by atoms with van der Waals surface area (Å²) in [6, 6.07) is 8.44. The lowest BCUT2D eigenvalue weighted by Gasteiger charge is -2.20. The van der Waals surface area contributed by atoms with Crippen molar-refractivity contribution in [1.29, 1.82) is 0 Å². The predicted molar refractivity (Wildman–Crippen MR) is 91.9 cm³/mol. The van der Waals surface area contributed by atoms with Gasteiger partial charge in [-0.1, -0.05) is 25.1 Å². The molecule has 1 saturated heterocycles. The van der Waals surface area contributed by atoms with Crippen molar-refractivity contribution < 1.29 is 27.5 Å². The molecule has 1 aliphatic rings. The molecule has 1 amide bonds. The number of amides is 1. The molecule has 0 bridgehead atoms. The average molecular weight is 369 g/mol. The van der Waals surface area contributed by atoms with Crippen molar-refractivity contribution in [1.82, 2.24) is 5.32 Å². The van der Waals surface area contributed by atoms with E-state index in [0.717, 1.165) is 0 Å². The molecular formula is C17H23NO6S. The zero-order valence-electron chi connectivity index (χ0n) is 14.3. The zero-order chi connectivity index (χ0) is 18.4. The lowest BCUT2D eigenvalue weighted by Crippen LogP contribution is -2.44. The van der Waals surface area contributed by atoms with E-state index in [9.17, 15) is 18.0 Å². The average Bonchev–Trinajstić information content (AvgIpc) is 2.91. The molecule has 1 aromatic rings. The van der Waals surface area contributed by atoms with Crippen LogP contribution in [0.15, 0.2) is 30.3 Å². The highest BCUT2D eigenvalue weighted by Gasteiger charge is 2.31. The Bertz CT molecular complexity index is 703. The number of hydrogen-bond acceptors (Lipinski definition) is 6. The summed E-state index contributed by atoms with van der Waals surface area (Å²) in [5, 5.41) is 2.61.